The zero-order valence-electron chi connectivity index (χ0n) is 22.2. The highest BCUT2D eigenvalue weighted by atomic mass is 35.5. The molecule has 206 valence electrons. The van der Waals surface area contributed by atoms with Crippen LogP contribution in [0.4, 0.5) is 5.69 Å². The molecule has 40 heavy (non-hydrogen) atoms. The van der Waals surface area contributed by atoms with E-state index < -0.39 is 10.0 Å². The van der Waals surface area contributed by atoms with Crippen molar-refractivity contribution in [2.24, 2.45) is 13.0 Å². The fourth-order valence-electron chi connectivity index (χ4n) is 5.66. The number of hydrogen-bond donors (Lipinski definition) is 1. The van der Waals surface area contributed by atoms with Crippen molar-refractivity contribution >= 4 is 33.2 Å². The van der Waals surface area contributed by atoms with Crippen LogP contribution in [0.2, 0.25) is 5.02 Å². The number of nitrogens with zero attached hydrogens (tertiary/aromatic N) is 3. The Hall–Kier alpha value is -3.46. The Balaban J connectivity index is 1.31. The van der Waals surface area contributed by atoms with Crippen LogP contribution in [0.15, 0.2) is 90.1 Å². The van der Waals surface area contributed by atoms with Gasteiger partial charge in [-0.3, -0.25) is 4.79 Å². The third-order valence-electron chi connectivity index (χ3n) is 8.00. The molecule has 3 atom stereocenters. The molecule has 2 aliphatic rings. The Labute approximate surface area is 239 Å². The molecule has 0 spiro atoms. The standard InChI is InChI=1S/C31H31ClN4O3S/c1-35-17-16-33-30(35)20-36(31(37)28-19-26(28)22-10-13-23(32)14-11-22)24-15-12-21-6-5-9-29(27(21)18-24)34-40(38,39)25-7-3-2-4-8-25/h2-4,7-8,10-18,26,28-29,34H,5-6,9,19-20H2,1H3/t26-,28-,29+/m1/s1. The Morgan fingerprint density at radius 2 is 1.88 bits per heavy atom. The summed E-state index contributed by atoms with van der Waals surface area (Å²) < 4.78 is 31.2. The molecule has 2 aliphatic carbocycles. The lowest BCUT2D eigenvalue weighted by molar-refractivity contribution is -0.120. The number of carbonyl (C=O) groups is 1. The van der Waals surface area contributed by atoms with Crippen molar-refractivity contribution in [2.45, 2.75) is 49.1 Å². The first kappa shape index (κ1) is 26.7. The number of amides is 1. The number of fused-ring (bicyclic) bond motifs is 1. The average Bonchev–Trinajstić information content (AvgIpc) is 3.66. The van der Waals surface area contributed by atoms with E-state index in [-0.39, 0.29) is 28.7 Å². The highest BCUT2D eigenvalue weighted by Crippen LogP contribution is 2.49. The third kappa shape index (κ3) is 5.44. The van der Waals surface area contributed by atoms with E-state index in [2.05, 4.69) is 9.71 Å². The van der Waals surface area contributed by atoms with E-state index in [1.807, 2.05) is 60.3 Å². The number of imidazole rings is 1. The molecular weight excluding hydrogens is 544 g/mol. The quantitative estimate of drug-likeness (QED) is 0.290. The van der Waals surface area contributed by atoms with E-state index in [1.54, 1.807) is 41.4 Å². The van der Waals surface area contributed by atoms with Crippen LogP contribution in [0.5, 0.6) is 0 Å². The summed E-state index contributed by atoms with van der Waals surface area (Å²) in [6.45, 7) is 0.325. The van der Waals surface area contributed by atoms with Crippen LogP contribution in [-0.2, 0) is 34.8 Å². The first-order chi connectivity index (χ1) is 19.3. The van der Waals surface area contributed by atoms with Crippen LogP contribution >= 0.6 is 11.6 Å². The number of aromatic nitrogens is 2. The second-order valence-corrected chi connectivity index (χ2v) is 12.8. The number of sulfonamides is 1. The van der Waals surface area contributed by atoms with Gasteiger partial charge in [0, 0.05) is 42.1 Å². The van der Waals surface area contributed by atoms with Crippen LogP contribution < -0.4 is 9.62 Å². The molecule has 1 amide bonds. The van der Waals surface area contributed by atoms with Gasteiger partial charge >= 0.3 is 0 Å². The topological polar surface area (TPSA) is 84.3 Å². The molecule has 6 rings (SSSR count). The maximum atomic E-state index is 14.0. The molecule has 1 N–H and O–H groups in total. The van der Waals surface area contributed by atoms with Gasteiger partial charge in [-0.1, -0.05) is 48.0 Å². The van der Waals surface area contributed by atoms with Gasteiger partial charge in [0.15, 0.2) is 0 Å². The highest BCUT2D eigenvalue weighted by molar-refractivity contribution is 7.89. The average molecular weight is 575 g/mol. The molecule has 9 heteroatoms. The molecule has 4 aromatic rings. The summed E-state index contributed by atoms with van der Waals surface area (Å²) >= 11 is 6.08. The van der Waals surface area contributed by atoms with Crippen molar-refractivity contribution in [2.75, 3.05) is 4.90 Å². The van der Waals surface area contributed by atoms with Gasteiger partial charge in [-0.25, -0.2) is 18.1 Å². The van der Waals surface area contributed by atoms with E-state index in [1.165, 1.54) is 0 Å². The van der Waals surface area contributed by atoms with Gasteiger partial charge < -0.3 is 9.47 Å². The van der Waals surface area contributed by atoms with Crippen molar-refractivity contribution in [1.82, 2.24) is 14.3 Å². The number of anilines is 1. The summed E-state index contributed by atoms with van der Waals surface area (Å²) in [6.07, 6.45) is 6.82. The van der Waals surface area contributed by atoms with Crippen LogP contribution in [0.3, 0.4) is 0 Å². The van der Waals surface area contributed by atoms with E-state index in [0.29, 0.717) is 18.0 Å². The maximum Gasteiger partial charge on any atom is 0.241 e. The SMILES string of the molecule is Cn1ccnc1CN(C(=O)[C@@H]1C[C@@H]1c1ccc(Cl)cc1)c1ccc2c(c1)[C@@H](NS(=O)(=O)c1ccccc1)CCC2. The Morgan fingerprint density at radius 3 is 2.60 bits per heavy atom. The van der Waals surface area contributed by atoms with Gasteiger partial charge in [-0.2, -0.15) is 0 Å². The molecule has 0 aliphatic heterocycles. The Morgan fingerprint density at radius 1 is 1.10 bits per heavy atom. The van der Waals surface area contributed by atoms with Gasteiger partial charge in [0.2, 0.25) is 15.9 Å². The van der Waals surface area contributed by atoms with E-state index in [0.717, 1.165) is 47.5 Å². The zero-order chi connectivity index (χ0) is 27.9. The lowest BCUT2D eigenvalue weighted by Crippen LogP contribution is -2.34. The lowest BCUT2D eigenvalue weighted by Gasteiger charge is -2.29. The predicted molar refractivity (Wildman–Crippen MR) is 156 cm³/mol. The molecule has 0 saturated heterocycles. The van der Waals surface area contributed by atoms with Gasteiger partial charge in [-0.05, 0) is 84.7 Å². The van der Waals surface area contributed by atoms with E-state index in [4.69, 9.17) is 11.6 Å². The number of nitrogens with one attached hydrogen (secondary N) is 1. The fourth-order valence-corrected chi connectivity index (χ4v) is 7.06. The van der Waals surface area contributed by atoms with E-state index in [9.17, 15) is 13.2 Å². The molecular formula is C31H31ClN4O3S. The van der Waals surface area contributed by atoms with Crippen molar-refractivity contribution < 1.29 is 13.2 Å². The number of hydrogen-bond acceptors (Lipinski definition) is 4. The summed E-state index contributed by atoms with van der Waals surface area (Å²) in [4.78, 5) is 20.5. The Bertz CT molecular complexity index is 1640. The first-order valence-corrected chi connectivity index (χ1v) is 15.4. The van der Waals surface area contributed by atoms with Gasteiger partial charge in [0.05, 0.1) is 11.4 Å². The Kier molecular flexibility index (Phi) is 7.25. The molecule has 7 nitrogen and oxygen atoms in total. The normalized spacial score (nSPS) is 20.1. The van der Waals surface area contributed by atoms with Crippen molar-refractivity contribution in [3.05, 3.63) is 113 Å². The minimum Gasteiger partial charge on any atom is -0.337 e. The molecule has 0 unspecified atom stereocenters. The molecule has 3 aromatic carbocycles. The smallest absolute Gasteiger partial charge is 0.241 e. The van der Waals surface area contributed by atoms with Crippen LogP contribution in [0.1, 0.15) is 53.7 Å². The summed E-state index contributed by atoms with van der Waals surface area (Å²) in [7, 11) is -1.78. The summed E-state index contributed by atoms with van der Waals surface area (Å²) in [5, 5.41) is 0.676. The minimum atomic E-state index is -3.70. The number of rotatable bonds is 8. The number of carbonyl (C=O) groups excluding carboxylic acids is 1. The molecule has 1 saturated carbocycles. The largest absolute Gasteiger partial charge is 0.337 e. The third-order valence-corrected chi connectivity index (χ3v) is 9.74. The molecule has 1 aromatic heterocycles. The van der Waals surface area contributed by atoms with Gasteiger partial charge in [-0.15, -0.1) is 0 Å². The maximum absolute atomic E-state index is 14.0. The molecule has 0 bridgehead atoms. The van der Waals surface area contributed by atoms with Crippen LogP contribution in [0, 0.1) is 5.92 Å². The zero-order valence-corrected chi connectivity index (χ0v) is 23.8. The minimum absolute atomic E-state index is 0.0418. The molecule has 1 fully saturated rings. The van der Waals surface area contributed by atoms with Crippen molar-refractivity contribution in [1.29, 1.82) is 0 Å². The van der Waals surface area contributed by atoms with E-state index >= 15 is 0 Å². The van der Waals surface area contributed by atoms with Gasteiger partial charge in [0.25, 0.3) is 0 Å². The predicted octanol–water partition coefficient (Wildman–Crippen LogP) is 5.77. The van der Waals surface area contributed by atoms with Crippen LogP contribution in [-0.4, -0.2) is 23.9 Å². The van der Waals surface area contributed by atoms with Crippen molar-refractivity contribution in [3.8, 4) is 0 Å². The first-order valence-electron chi connectivity index (χ1n) is 13.5. The summed E-state index contributed by atoms with van der Waals surface area (Å²) in [5.41, 5.74) is 3.89. The number of halogens is 1. The molecule has 1 heterocycles. The second kappa shape index (κ2) is 10.8. The monoisotopic (exact) mass is 574 g/mol. The summed E-state index contributed by atoms with van der Waals surface area (Å²) in [5.74, 6) is 0.831. The highest BCUT2D eigenvalue weighted by Gasteiger charge is 2.46. The van der Waals surface area contributed by atoms with Gasteiger partial charge in [0.1, 0.15) is 5.82 Å². The number of benzene rings is 3. The lowest BCUT2D eigenvalue weighted by atomic mass is 9.87. The second-order valence-electron chi connectivity index (χ2n) is 10.6. The van der Waals surface area contributed by atoms with Crippen molar-refractivity contribution in [3.63, 3.8) is 0 Å². The number of aryl methyl sites for hydroxylation is 2. The fraction of sp³-hybridized carbons (Fsp3) is 0.290. The summed E-state index contributed by atoms with van der Waals surface area (Å²) in [6, 6.07) is 21.8. The van der Waals surface area contributed by atoms with Crippen LogP contribution in [0.25, 0.3) is 0 Å². The molecule has 0 radical (unpaired) electrons.